The Bertz CT molecular complexity index is 1350. The molecule has 0 bridgehead atoms. The standard InChI is InChI=1S/C24H20F4N6OS/c1-23(2)21(35)33(17-9-6-14(12-29)19(20(17)25)24(26,27)28)22(36)34(23)16-8-7-15(32-13-16)4-3-5-18-30-10-11-31-18/h6-11,13H,3-5H2,1-2H3,(H,30,31). The van der Waals surface area contributed by atoms with E-state index in [-0.39, 0.29) is 5.11 Å². The summed E-state index contributed by atoms with van der Waals surface area (Å²) in [6, 6.07) is 6.59. The summed E-state index contributed by atoms with van der Waals surface area (Å²) in [4.78, 5) is 27.1. The van der Waals surface area contributed by atoms with Gasteiger partial charge in [0.25, 0.3) is 5.91 Å². The molecular weight excluding hydrogens is 496 g/mol. The van der Waals surface area contributed by atoms with Gasteiger partial charge in [-0.15, -0.1) is 0 Å². The summed E-state index contributed by atoms with van der Waals surface area (Å²) >= 11 is 5.44. The van der Waals surface area contributed by atoms with Crippen LogP contribution >= 0.6 is 12.2 Å². The molecule has 3 heterocycles. The smallest absolute Gasteiger partial charge is 0.349 e. The first-order valence-corrected chi connectivity index (χ1v) is 11.3. The molecule has 2 aromatic heterocycles. The number of aryl methyl sites for hydroxylation is 2. The molecule has 0 spiro atoms. The molecule has 1 N–H and O–H groups in total. The Labute approximate surface area is 209 Å². The Morgan fingerprint density at radius 1 is 1.17 bits per heavy atom. The van der Waals surface area contributed by atoms with Gasteiger partial charge in [-0.1, -0.05) is 0 Å². The number of alkyl halides is 3. The minimum absolute atomic E-state index is 0.200. The van der Waals surface area contributed by atoms with Crippen LogP contribution in [0.4, 0.5) is 28.9 Å². The van der Waals surface area contributed by atoms with Crippen molar-refractivity contribution in [2.45, 2.75) is 44.8 Å². The maximum Gasteiger partial charge on any atom is 0.420 e. The molecule has 1 aliphatic rings. The first-order valence-electron chi connectivity index (χ1n) is 10.9. The van der Waals surface area contributed by atoms with Crippen LogP contribution in [0.3, 0.4) is 0 Å². The van der Waals surface area contributed by atoms with Crippen molar-refractivity contribution in [3.63, 3.8) is 0 Å². The van der Waals surface area contributed by atoms with E-state index >= 15 is 4.39 Å². The fourth-order valence-electron chi connectivity index (χ4n) is 4.12. The first kappa shape index (κ1) is 25.2. The van der Waals surface area contributed by atoms with E-state index in [1.54, 1.807) is 24.5 Å². The summed E-state index contributed by atoms with van der Waals surface area (Å²) in [6.07, 6.45) is 2.04. The monoisotopic (exact) mass is 516 g/mol. The van der Waals surface area contributed by atoms with E-state index in [4.69, 9.17) is 17.5 Å². The van der Waals surface area contributed by atoms with Gasteiger partial charge in [-0.25, -0.2) is 9.37 Å². The molecule has 186 valence electrons. The SMILES string of the molecule is CC1(C)C(=O)N(c2ccc(C#N)c(C(F)(F)F)c2F)C(=S)N1c1ccc(CCCc2ncc[nH]2)nc1. The number of benzene rings is 1. The number of carbonyl (C=O) groups excluding carboxylic acids is 1. The molecule has 1 aromatic carbocycles. The molecule has 0 aliphatic carbocycles. The minimum Gasteiger partial charge on any atom is -0.349 e. The molecule has 1 fully saturated rings. The van der Waals surface area contributed by atoms with E-state index in [9.17, 15) is 18.0 Å². The van der Waals surface area contributed by atoms with Crippen LogP contribution in [-0.2, 0) is 23.8 Å². The number of hydrogen-bond donors (Lipinski definition) is 1. The zero-order chi connectivity index (χ0) is 26.3. The van der Waals surface area contributed by atoms with Crippen LogP contribution in [0.1, 0.15) is 42.9 Å². The van der Waals surface area contributed by atoms with E-state index in [1.165, 1.54) is 31.0 Å². The fourth-order valence-corrected chi connectivity index (χ4v) is 4.63. The molecular formula is C24H20F4N6OS. The molecule has 4 rings (SSSR count). The summed E-state index contributed by atoms with van der Waals surface area (Å²) in [6.45, 7) is 3.07. The third-order valence-corrected chi connectivity index (χ3v) is 6.27. The summed E-state index contributed by atoms with van der Waals surface area (Å²) in [7, 11) is 0. The van der Waals surface area contributed by atoms with Crippen LogP contribution in [0.5, 0.6) is 0 Å². The molecule has 3 aromatic rings. The lowest BCUT2D eigenvalue weighted by atomic mass is 10.0. The lowest BCUT2D eigenvalue weighted by Gasteiger charge is -2.29. The number of pyridine rings is 1. The molecule has 7 nitrogen and oxygen atoms in total. The number of rotatable bonds is 6. The number of H-pyrrole nitrogens is 1. The Morgan fingerprint density at radius 2 is 1.92 bits per heavy atom. The number of hydrogen-bond acceptors (Lipinski definition) is 5. The fraction of sp³-hybridized carbons (Fsp3) is 0.292. The van der Waals surface area contributed by atoms with Gasteiger partial charge in [-0.2, -0.15) is 18.4 Å². The normalized spacial score (nSPS) is 15.5. The quantitative estimate of drug-likeness (QED) is 0.369. The van der Waals surface area contributed by atoms with Gasteiger partial charge in [-0.05, 0) is 63.2 Å². The highest BCUT2D eigenvalue weighted by atomic mass is 32.1. The van der Waals surface area contributed by atoms with Crippen LogP contribution in [-0.4, -0.2) is 31.5 Å². The molecule has 0 atom stereocenters. The number of nitriles is 1. The van der Waals surface area contributed by atoms with E-state index < -0.39 is 40.3 Å². The topological polar surface area (TPSA) is 88.9 Å². The largest absolute Gasteiger partial charge is 0.420 e. The number of thiocarbonyl (C=S) groups is 1. The third-order valence-electron chi connectivity index (χ3n) is 5.90. The lowest BCUT2D eigenvalue weighted by molar-refractivity contribution is -0.140. The minimum atomic E-state index is -5.14. The van der Waals surface area contributed by atoms with Crippen LogP contribution in [0, 0.1) is 17.1 Å². The van der Waals surface area contributed by atoms with Crippen LogP contribution in [0.15, 0.2) is 42.9 Å². The molecule has 0 unspecified atom stereocenters. The van der Waals surface area contributed by atoms with Crippen LogP contribution in [0.25, 0.3) is 0 Å². The third kappa shape index (κ3) is 4.42. The van der Waals surface area contributed by atoms with E-state index in [1.807, 2.05) is 0 Å². The van der Waals surface area contributed by atoms with Crippen molar-refractivity contribution in [2.24, 2.45) is 0 Å². The van der Waals surface area contributed by atoms with Crippen molar-refractivity contribution in [3.05, 3.63) is 71.3 Å². The number of imidazole rings is 1. The van der Waals surface area contributed by atoms with Crippen molar-refractivity contribution in [3.8, 4) is 6.07 Å². The van der Waals surface area contributed by atoms with Gasteiger partial charge in [0, 0.05) is 24.5 Å². The maximum atomic E-state index is 15.1. The second-order valence-electron chi connectivity index (χ2n) is 8.65. The Hall–Kier alpha value is -3.85. The molecule has 36 heavy (non-hydrogen) atoms. The van der Waals surface area contributed by atoms with Gasteiger partial charge in [-0.3, -0.25) is 14.7 Å². The second-order valence-corrected chi connectivity index (χ2v) is 9.01. The number of halogens is 4. The molecule has 0 radical (unpaired) electrons. The number of carbonyl (C=O) groups is 1. The summed E-state index contributed by atoms with van der Waals surface area (Å²) < 4.78 is 55.6. The first-order chi connectivity index (χ1) is 17.0. The lowest BCUT2D eigenvalue weighted by Crippen LogP contribution is -2.44. The van der Waals surface area contributed by atoms with Gasteiger partial charge >= 0.3 is 6.18 Å². The van der Waals surface area contributed by atoms with Crippen molar-refractivity contribution in [2.75, 3.05) is 9.80 Å². The number of nitrogens with one attached hydrogen (secondary N) is 1. The predicted molar refractivity (Wildman–Crippen MR) is 128 cm³/mol. The maximum absolute atomic E-state index is 15.1. The molecule has 0 saturated carbocycles. The van der Waals surface area contributed by atoms with Crippen molar-refractivity contribution in [1.82, 2.24) is 15.0 Å². The van der Waals surface area contributed by atoms with Gasteiger partial charge in [0.15, 0.2) is 10.9 Å². The number of aromatic nitrogens is 3. The zero-order valence-electron chi connectivity index (χ0n) is 19.2. The number of anilines is 2. The average molecular weight is 517 g/mol. The van der Waals surface area contributed by atoms with Crippen molar-refractivity contribution < 1.29 is 22.4 Å². The van der Waals surface area contributed by atoms with Crippen LogP contribution in [0.2, 0.25) is 0 Å². The van der Waals surface area contributed by atoms with Gasteiger partial charge in [0.1, 0.15) is 16.9 Å². The van der Waals surface area contributed by atoms with E-state index in [0.717, 1.165) is 41.4 Å². The highest BCUT2D eigenvalue weighted by Gasteiger charge is 2.52. The molecule has 12 heteroatoms. The summed E-state index contributed by atoms with van der Waals surface area (Å²) in [5, 5.41) is 8.82. The highest BCUT2D eigenvalue weighted by Crippen LogP contribution is 2.41. The van der Waals surface area contributed by atoms with Crippen LogP contribution < -0.4 is 9.80 Å². The van der Waals surface area contributed by atoms with Gasteiger partial charge in [0.05, 0.1) is 29.2 Å². The number of aromatic amines is 1. The van der Waals surface area contributed by atoms with Gasteiger partial charge in [0.2, 0.25) is 0 Å². The second kappa shape index (κ2) is 9.31. The van der Waals surface area contributed by atoms with E-state index in [0.29, 0.717) is 12.1 Å². The predicted octanol–water partition coefficient (Wildman–Crippen LogP) is 4.93. The Morgan fingerprint density at radius 3 is 2.50 bits per heavy atom. The summed E-state index contributed by atoms with van der Waals surface area (Å²) in [5.74, 6) is -1.58. The number of amides is 1. The summed E-state index contributed by atoms with van der Waals surface area (Å²) in [5.41, 5.74) is -3.41. The highest BCUT2D eigenvalue weighted by molar-refractivity contribution is 7.81. The molecule has 1 aliphatic heterocycles. The van der Waals surface area contributed by atoms with Gasteiger partial charge < -0.3 is 9.88 Å². The Kier molecular flexibility index (Phi) is 6.53. The Balaban J connectivity index is 1.62. The van der Waals surface area contributed by atoms with Crippen molar-refractivity contribution in [1.29, 1.82) is 5.26 Å². The molecule has 1 amide bonds. The molecule has 1 saturated heterocycles. The number of nitrogens with zero attached hydrogens (tertiary/aromatic N) is 5. The zero-order valence-corrected chi connectivity index (χ0v) is 20.0. The van der Waals surface area contributed by atoms with Crippen molar-refractivity contribution >= 4 is 34.6 Å². The van der Waals surface area contributed by atoms with E-state index in [2.05, 4.69) is 15.0 Å². The average Bonchev–Trinajstić information content (AvgIpc) is 3.39.